The van der Waals surface area contributed by atoms with E-state index in [2.05, 4.69) is 30.3 Å². The highest BCUT2D eigenvalue weighted by Gasteiger charge is 2.33. The normalized spacial score (nSPS) is 14.9. The van der Waals surface area contributed by atoms with Crippen molar-refractivity contribution in [2.45, 2.75) is 33.7 Å². The quantitative estimate of drug-likeness (QED) is 0.231. The Morgan fingerprint density at radius 3 is 2.36 bits per heavy atom. The standard InChI is InChI=1S/C30H31N3O5S/c1-6-17-37-29(36)26-19(4)31-30-33(27(26)22-11-15-24(16-12-22)38-20(5)34)28(35)25(39-30)18-21-9-13-23(14-10-21)32(7-2)8-3/h6,9-16,18,27H,1,7-8,17H2,2-5H3/b25-18-/t27-/m1/s1. The number of hydrogen-bond acceptors (Lipinski definition) is 8. The number of anilines is 1. The van der Waals surface area contributed by atoms with Gasteiger partial charge < -0.3 is 14.4 Å². The average molecular weight is 546 g/mol. The third-order valence-corrected chi connectivity index (χ3v) is 7.33. The van der Waals surface area contributed by atoms with Crippen LogP contribution in [0.5, 0.6) is 5.75 Å². The van der Waals surface area contributed by atoms with Crippen molar-refractivity contribution in [2.24, 2.45) is 4.99 Å². The smallest absolute Gasteiger partial charge is 0.338 e. The first-order valence-corrected chi connectivity index (χ1v) is 13.5. The number of fused-ring (bicyclic) bond motifs is 1. The number of carbonyl (C=O) groups is 2. The minimum atomic E-state index is -0.767. The minimum Gasteiger partial charge on any atom is -0.458 e. The van der Waals surface area contributed by atoms with Crippen LogP contribution in [0, 0.1) is 0 Å². The molecule has 2 aromatic carbocycles. The summed E-state index contributed by atoms with van der Waals surface area (Å²) in [6.07, 6.45) is 3.32. The Hall–Kier alpha value is -4.24. The first-order valence-electron chi connectivity index (χ1n) is 12.7. The van der Waals surface area contributed by atoms with Gasteiger partial charge in [-0.2, -0.15) is 0 Å². The zero-order valence-corrected chi connectivity index (χ0v) is 23.3. The lowest BCUT2D eigenvalue weighted by atomic mass is 9.96. The van der Waals surface area contributed by atoms with Gasteiger partial charge in [0.2, 0.25) is 0 Å². The van der Waals surface area contributed by atoms with Crippen LogP contribution in [0.3, 0.4) is 0 Å². The number of hydrogen-bond donors (Lipinski definition) is 0. The molecule has 2 heterocycles. The maximum atomic E-state index is 13.8. The highest BCUT2D eigenvalue weighted by Crippen LogP contribution is 2.31. The van der Waals surface area contributed by atoms with E-state index < -0.39 is 18.0 Å². The monoisotopic (exact) mass is 545 g/mol. The SMILES string of the molecule is C=CCOC(=O)C1=C(C)N=c2s/c(=C\c3ccc(N(CC)CC)cc3)c(=O)n2[C@@H]1c1ccc(OC(C)=O)cc1. The Morgan fingerprint density at radius 2 is 1.77 bits per heavy atom. The molecule has 1 aliphatic rings. The Balaban J connectivity index is 1.82. The van der Waals surface area contributed by atoms with E-state index in [9.17, 15) is 14.4 Å². The van der Waals surface area contributed by atoms with Gasteiger partial charge in [-0.3, -0.25) is 14.2 Å². The Bertz CT molecular complexity index is 1590. The number of thiazole rings is 1. The fraction of sp³-hybridized carbons (Fsp3) is 0.267. The molecule has 9 heteroatoms. The van der Waals surface area contributed by atoms with E-state index in [1.807, 2.05) is 30.3 Å². The van der Waals surface area contributed by atoms with Crippen molar-refractivity contribution in [2.75, 3.05) is 24.6 Å². The van der Waals surface area contributed by atoms with Gasteiger partial charge in [-0.15, -0.1) is 0 Å². The highest BCUT2D eigenvalue weighted by atomic mass is 32.1. The lowest BCUT2D eigenvalue weighted by molar-refractivity contribution is -0.138. The molecule has 1 aromatic heterocycles. The summed E-state index contributed by atoms with van der Waals surface area (Å²) in [5.41, 5.74) is 3.13. The van der Waals surface area contributed by atoms with Gasteiger partial charge in [0.15, 0.2) is 4.80 Å². The summed E-state index contributed by atoms with van der Waals surface area (Å²) >= 11 is 1.27. The van der Waals surface area contributed by atoms with Crippen molar-refractivity contribution in [3.8, 4) is 5.75 Å². The number of rotatable bonds is 9. The molecule has 0 N–H and O–H groups in total. The number of ether oxygens (including phenoxy) is 2. The van der Waals surface area contributed by atoms with Crippen LogP contribution in [0.2, 0.25) is 0 Å². The van der Waals surface area contributed by atoms with Crippen LogP contribution in [0.15, 0.2) is 82.2 Å². The zero-order valence-electron chi connectivity index (χ0n) is 22.5. The molecule has 1 atom stereocenters. The average Bonchev–Trinajstić information content (AvgIpc) is 3.22. The van der Waals surface area contributed by atoms with E-state index in [-0.39, 0.29) is 17.7 Å². The van der Waals surface area contributed by atoms with E-state index >= 15 is 0 Å². The maximum absolute atomic E-state index is 13.8. The molecule has 3 aromatic rings. The van der Waals surface area contributed by atoms with Crippen molar-refractivity contribution in [1.29, 1.82) is 0 Å². The molecule has 0 bridgehead atoms. The predicted molar refractivity (Wildman–Crippen MR) is 153 cm³/mol. The van der Waals surface area contributed by atoms with E-state index in [0.717, 1.165) is 24.3 Å². The molecular formula is C30H31N3O5S. The van der Waals surface area contributed by atoms with E-state index in [1.165, 1.54) is 28.9 Å². The van der Waals surface area contributed by atoms with Crippen LogP contribution in [-0.2, 0) is 14.3 Å². The lowest BCUT2D eigenvalue weighted by Crippen LogP contribution is -2.39. The summed E-state index contributed by atoms with van der Waals surface area (Å²) < 4.78 is 12.6. The summed E-state index contributed by atoms with van der Waals surface area (Å²) in [5, 5.41) is 0. The molecule has 0 amide bonds. The van der Waals surface area contributed by atoms with Gasteiger partial charge >= 0.3 is 11.9 Å². The van der Waals surface area contributed by atoms with Gasteiger partial charge in [0.25, 0.3) is 5.56 Å². The molecule has 39 heavy (non-hydrogen) atoms. The van der Waals surface area contributed by atoms with Crippen molar-refractivity contribution >= 4 is 35.0 Å². The molecule has 0 spiro atoms. The number of carbonyl (C=O) groups excluding carboxylic acids is 2. The summed E-state index contributed by atoms with van der Waals surface area (Å²) in [6.45, 7) is 12.7. The molecule has 0 aliphatic carbocycles. The Labute approximate surface area is 230 Å². The van der Waals surface area contributed by atoms with Crippen molar-refractivity contribution < 1.29 is 19.1 Å². The zero-order chi connectivity index (χ0) is 28.1. The number of esters is 2. The molecule has 1 aliphatic heterocycles. The second-order valence-electron chi connectivity index (χ2n) is 8.90. The molecular weight excluding hydrogens is 514 g/mol. The van der Waals surface area contributed by atoms with E-state index in [4.69, 9.17) is 9.47 Å². The van der Waals surface area contributed by atoms with Gasteiger partial charge in [0, 0.05) is 25.7 Å². The third kappa shape index (κ3) is 5.93. The first kappa shape index (κ1) is 27.8. The van der Waals surface area contributed by atoms with Gasteiger partial charge in [-0.1, -0.05) is 48.3 Å². The molecule has 0 radical (unpaired) electrons. The number of nitrogens with zero attached hydrogens (tertiary/aromatic N) is 3. The predicted octanol–water partition coefficient (Wildman–Crippen LogP) is 3.74. The van der Waals surface area contributed by atoms with Crippen LogP contribution >= 0.6 is 11.3 Å². The highest BCUT2D eigenvalue weighted by molar-refractivity contribution is 7.07. The first-order chi connectivity index (χ1) is 18.8. The van der Waals surface area contributed by atoms with E-state index in [1.54, 1.807) is 31.2 Å². The van der Waals surface area contributed by atoms with Crippen LogP contribution in [0.4, 0.5) is 5.69 Å². The minimum absolute atomic E-state index is 0.0294. The Kier molecular flexibility index (Phi) is 8.61. The molecule has 4 rings (SSSR count). The Morgan fingerprint density at radius 1 is 1.10 bits per heavy atom. The van der Waals surface area contributed by atoms with Crippen molar-refractivity contribution in [3.63, 3.8) is 0 Å². The summed E-state index contributed by atoms with van der Waals surface area (Å²) in [5.74, 6) is -0.653. The van der Waals surface area contributed by atoms with Gasteiger partial charge in [0.05, 0.1) is 21.8 Å². The van der Waals surface area contributed by atoms with Gasteiger partial charge in [0.1, 0.15) is 12.4 Å². The van der Waals surface area contributed by atoms with Crippen LogP contribution in [-0.4, -0.2) is 36.2 Å². The maximum Gasteiger partial charge on any atom is 0.338 e. The third-order valence-electron chi connectivity index (χ3n) is 6.35. The number of allylic oxidation sites excluding steroid dienone is 1. The topological polar surface area (TPSA) is 90.2 Å². The van der Waals surface area contributed by atoms with Crippen LogP contribution in [0.25, 0.3) is 6.08 Å². The molecule has 0 saturated carbocycles. The van der Waals surface area contributed by atoms with Gasteiger partial charge in [-0.25, -0.2) is 9.79 Å². The number of benzene rings is 2. The molecule has 0 saturated heterocycles. The molecule has 0 unspecified atom stereocenters. The summed E-state index contributed by atoms with van der Waals surface area (Å²) in [4.78, 5) is 45.6. The molecule has 0 fully saturated rings. The molecule has 8 nitrogen and oxygen atoms in total. The lowest BCUT2D eigenvalue weighted by Gasteiger charge is -2.24. The summed E-state index contributed by atoms with van der Waals surface area (Å²) in [7, 11) is 0. The van der Waals surface area contributed by atoms with Crippen LogP contribution in [0.1, 0.15) is 44.9 Å². The van der Waals surface area contributed by atoms with Gasteiger partial charge in [-0.05, 0) is 62.2 Å². The molecule has 202 valence electrons. The van der Waals surface area contributed by atoms with Crippen molar-refractivity contribution in [1.82, 2.24) is 4.57 Å². The van der Waals surface area contributed by atoms with E-state index in [0.29, 0.717) is 26.3 Å². The fourth-order valence-electron chi connectivity index (χ4n) is 4.52. The largest absolute Gasteiger partial charge is 0.458 e. The number of aromatic nitrogens is 1. The second-order valence-corrected chi connectivity index (χ2v) is 9.90. The fourth-order valence-corrected chi connectivity index (χ4v) is 5.56. The van der Waals surface area contributed by atoms with Crippen LogP contribution < -0.4 is 24.5 Å². The summed E-state index contributed by atoms with van der Waals surface area (Å²) in [6, 6.07) is 14.0. The second kappa shape index (κ2) is 12.1. The van der Waals surface area contributed by atoms with Crippen molar-refractivity contribution in [3.05, 3.63) is 103 Å².